The fourth-order valence-electron chi connectivity index (χ4n) is 2.97. The van der Waals surface area contributed by atoms with Crippen molar-refractivity contribution in [2.24, 2.45) is 11.8 Å². The average molecular weight is 346 g/mol. The Bertz CT molecular complexity index is 730. The number of aromatic nitrogens is 3. The van der Waals surface area contributed by atoms with Crippen molar-refractivity contribution >= 4 is 17.7 Å². The van der Waals surface area contributed by atoms with E-state index in [2.05, 4.69) is 20.5 Å². The number of carbonyl (C=O) groups is 1. The molecule has 126 valence electrons. The molecule has 0 radical (unpaired) electrons. The second-order valence-electron chi connectivity index (χ2n) is 6.50. The van der Waals surface area contributed by atoms with Crippen molar-refractivity contribution in [1.82, 2.24) is 20.5 Å². The molecule has 2 saturated carbocycles. The summed E-state index contributed by atoms with van der Waals surface area (Å²) in [6, 6.07) is 6.77. The largest absolute Gasteiger partial charge is 0.352 e. The van der Waals surface area contributed by atoms with Crippen LogP contribution in [0.2, 0.25) is 0 Å². The van der Waals surface area contributed by atoms with Gasteiger partial charge in [-0.1, -0.05) is 23.9 Å². The fourth-order valence-corrected chi connectivity index (χ4v) is 3.58. The molecule has 5 nitrogen and oxygen atoms in total. The summed E-state index contributed by atoms with van der Waals surface area (Å²) < 4.78 is 13.7. The summed E-state index contributed by atoms with van der Waals surface area (Å²) in [5, 5.41) is 10.4. The van der Waals surface area contributed by atoms with Crippen LogP contribution in [0.1, 0.15) is 25.7 Å². The third kappa shape index (κ3) is 3.61. The Morgan fingerprint density at radius 1 is 1.29 bits per heavy atom. The molecule has 2 aliphatic rings. The van der Waals surface area contributed by atoms with Gasteiger partial charge < -0.3 is 5.32 Å². The first-order valence-electron chi connectivity index (χ1n) is 8.30. The Morgan fingerprint density at radius 2 is 2.00 bits per heavy atom. The highest BCUT2D eigenvalue weighted by molar-refractivity contribution is 7.99. The second-order valence-corrected chi connectivity index (χ2v) is 7.45. The molecule has 2 aromatic rings. The van der Waals surface area contributed by atoms with Crippen molar-refractivity contribution < 1.29 is 9.18 Å². The van der Waals surface area contributed by atoms with Gasteiger partial charge in [0, 0.05) is 6.04 Å². The second kappa shape index (κ2) is 6.55. The van der Waals surface area contributed by atoms with E-state index in [0.29, 0.717) is 34.4 Å². The van der Waals surface area contributed by atoms with E-state index < -0.39 is 0 Å². The SMILES string of the molecule is O=C(CSc1n[nH]c(-c2ccccc2F)n1)NC(C1CC1)C1CC1. The molecule has 2 aliphatic carbocycles. The lowest BCUT2D eigenvalue weighted by molar-refractivity contribution is -0.119. The number of carbonyl (C=O) groups excluding carboxylic acids is 1. The van der Waals surface area contributed by atoms with Crippen molar-refractivity contribution in [2.75, 3.05) is 5.75 Å². The van der Waals surface area contributed by atoms with Gasteiger partial charge in [-0.2, -0.15) is 0 Å². The molecule has 1 heterocycles. The maximum absolute atomic E-state index is 13.7. The van der Waals surface area contributed by atoms with E-state index in [-0.39, 0.29) is 17.5 Å². The molecule has 0 saturated heterocycles. The van der Waals surface area contributed by atoms with Gasteiger partial charge in [-0.3, -0.25) is 9.89 Å². The van der Waals surface area contributed by atoms with E-state index >= 15 is 0 Å². The van der Waals surface area contributed by atoms with Gasteiger partial charge in [-0.05, 0) is 49.7 Å². The van der Waals surface area contributed by atoms with Crippen LogP contribution in [0, 0.1) is 17.7 Å². The van der Waals surface area contributed by atoms with Crippen LogP contribution in [0.5, 0.6) is 0 Å². The summed E-state index contributed by atoms with van der Waals surface area (Å²) in [7, 11) is 0. The van der Waals surface area contributed by atoms with E-state index in [1.165, 1.54) is 43.5 Å². The molecular formula is C17H19FN4OS. The summed E-state index contributed by atoms with van der Waals surface area (Å²) in [5.74, 6) is 1.71. The van der Waals surface area contributed by atoms with Crippen LogP contribution in [0.3, 0.4) is 0 Å². The molecule has 0 bridgehead atoms. The van der Waals surface area contributed by atoms with E-state index in [1.807, 2.05) is 0 Å². The summed E-state index contributed by atoms with van der Waals surface area (Å²) in [5.41, 5.74) is 0.379. The number of thioether (sulfide) groups is 1. The average Bonchev–Trinajstić information content (AvgIpc) is 3.50. The normalized spacial score (nSPS) is 17.2. The van der Waals surface area contributed by atoms with Crippen molar-refractivity contribution in [3.63, 3.8) is 0 Å². The topological polar surface area (TPSA) is 70.7 Å². The Balaban J connectivity index is 1.33. The predicted octanol–water partition coefficient (Wildman–Crippen LogP) is 3.01. The number of amides is 1. The minimum Gasteiger partial charge on any atom is -0.352 e. The van der Waals surface area contributed by atoms with Gasteiger partial charge in [0.2, 0.25) is 11.1 Å². The number of hydrogen-bond donors (Lipinski definition) is 2. The molecule has 24 heavy (non-hydrogen) atoms. The first kappa shape index (κ1) is 15.6. The van der Waals surface area contributed by atoms with Gasteiger partial charge >= 0.3 is 0 Å². The molecule has 7 heteroatoms. The van der Waals surface area contributed by atoms with E-state index in [9.17, 15) is 9.18 Å². The summed E-state index contributed by atoms with van der Waals surface area (Å²) in [4.78, 5) is 16.4. The van der Waals surface area contributed by atoms with E-state index in [0.717, 1.165) is 0 Å². The van der Waals surface area contributed by atoms with E-state index in [1.54, 1.807) is 18.2 Å². The molecule has 0 aliphatic heterocycles. The lowest BCUT2D eigenvalue weighted by Crippen LogP contribution is -2.39. The van der Waals surface area contributed by atoms with Gasteiger partial charge in [0.05, 0.1) is 11.3 Å². The quantitative estimate of drug-likeness (QED) is 0.756. The third-order valence-corrected chi connectivity index (χ3v) is 5.36. The number of H-pyrrole nitrogens is 1. The Morgan fingerprint density at radius 3 is 2.67 bits per heavy atom. The molecule has 1 aromatic carbocycles. The zero-order valence-electron chi connectivity index (χ0n) is 13.2. The Kier molecular flexibility index (Phi) is 4.26. The summed E-state index contributed by atoms with van der Waals surface area (Å²) >= 11 is 1.27. The van der Waals surface area contributed by atoms with Crippen LogP contribution in [-0.2, 0) is 4.79 Å². The van der Waals surface area contributed by atoms with Gasteiger partial charge in [0.15, 0.2) is 5.82 Å². The molecule has 0 unspecified atom stereocenters. The van der Waals surface area contributed by atoms with Gasteiger partial charge in [-0.15, -0.1) is 5.10 Å². The molecule has 2 N–H and O–H groups in total. The van der Waals surface area contributed by atoms with Crippen LogP contribution >= 0.6 is 11.8 Å². The highest BCUT2D eigenvalue weighted by Gasteiger charge is 2.42. The standard InChI is InChI=1S/C17H19FN4OS/c18-13-4-2-1-3-12(13)16-20-17(22-21-16)24-9-14(23)19-15(10-5-6-10)11-7-8-11/h1-4,10-11,15H,5-9H2,(H,19,23)(H,20,21,22). The fraction of sp³-hybridized carbons (Fsp3) is 0.471. The lowest BCUT2D eigenvalue weighted by atomic mass is 10.1. The van der Waals surface area contributed by atoms with Crippen molar-refractivity contribution in [3.8, 4) is 11.4 Å². The zero-order chi connectivity index (χ0) is 16.5. The molecule has 1 aromatic heterocycles. The first-order chi connectivity index (χ1) is 11.7. The Labute approximate surface area is 143 Å². The van der Waals surface area contributed by atoms with Gasteiger partial charge in [0.1, 0.15) is 5.82 Å². The number of halogens is 1. The molecule has 4 rings (SSSR count). The van der Waals surface area contributed by atoms with Crippen LogP contribution in [-0.4, -0.2) is 32.9 Å². The summed E-state index contributed by atoms with van der Waals surface area (Å²) in [6.45, 7) is 0. The number of hydrogen-bond acceptors (Lipinski definition) is 4. The maximum Gasteiger partial charge on any atom is 0.230 e. The number of aromatic amines is 1. The van der Waals surface area contributed by atoms with Crippen LogP contribution in [0.25, 0.3) is 11.4 Å². The number of rotatable bonds is 7. The molecule has 0 atom stereocenters. The van der Waals surface area contributed by atoms with Crippen molar-refractivity contribution in [2.45, 2.75) is 36.9 Å². The van der Waals surface area contributed by atoms with Crippen molar-refractivity contribution in [3.05, 3.63) is 30.1 Å². The molecular weight excluding hydrogens is 327 g/mol. The highest BCUT2D eigenvalue weighted by atomic mass is 32.2. The minimum absolute atomic E-state index is 0.0287. The molecule has 2 fully saturated rings. The Hall–Kier alpha value is -1.89. The third-order valence-electron chi connectivity index (χ3n) is 4.51. The smallest absolute Gasteiger partial charge is 0.230 e. The molecule has 1 amide bonds. The van der Waals surface area contributed by atoms with E-state index in [4.69, 9.17) is 0 Å². The number of nitrogens with one attached hydrogen (secondary N) is 2. The van der Waals surface area contributed by atoms with Crippen LogP contribution < -0.4 is 5.32 Å². The monoisotopic (exact) mass is 346 g/mol. The highest BCUT2D eigenvalue weighted by Crippen LogP contribution is 2.44. The van der Waals surface area contributed by atoms with Crippen LogP contribution in [0.15, 0.2) is 29.4 Å². The molecule has 0 spiro atoms. The lowest BCUT2D eigenvalue weighted by Gasteiger charge is -2.17. The minimum atomic E-state index is -0.348. The van der Waals surface area contributed by atoms with Crippen molar-refractivity contribution in [1.29, 1.82) is 0 Å². The predicted molar refractivity (Wildman–Crippen MR) is 89.9 cm³/mol. The number of benzene rings is 1. The number of nitrogens with zero attached hydrogens (tertiary/aromatic N) is 2. The summed E-state index contributed by atoms with van der Waals surface area (Å²) in [6.07, 6.45) is 4.95. The van der Waals surface area contributed by atoms with Crippen LogP contribution in [0.4, 0.5) is 4.39 Å². The van der Waals surface area contributed by atoms with Gasteiger partial charge in [0.25, 0.3) is 0 Å². The first-order valence-corrected chi connectivity index (χ1v) is 9.29. The zero-order valence-corrected chi connectivity index (χ0v) is 14.0. The maximum atomic E-state index is 13.7. The van der Waals surface area contributed by atoms with Gasteiger partial charge in [-0.25, -0.2) is 9.37 Å².